The van der Waals surface area contributed by atoms with Crippen LogP contribution in [0.15, 0.2) is 0 Å². The average molecular weight is 293 g/mol. The Bertz CT molecular complexity index is 536. The predicted molar refractivity (Wildman–Crippen MR) is 62.6 cm³/mol. The Morgan fingerprint density at radius 2 is 2.00 bits per heavy atom. The standard InChI is InChI=1S/C11H10F3NO3S/c12-11(13,14)4-7(16)15-9-8(10(17)18)5-2-1-3-6(5)19-9/h1-4H2,(H,15,16)(H,17,18). The van der Waals surface area contributed by atoms with Gasteiger partial charge >= 0.3 is 12.1 Å². The molecule has 0 saturated carbocycles. The maximum Gasteiger partial charge on any atom is 0.397 e. The monoisotopic (exact) mass is 293 g/mol. The molecule has 2 rings (SSSR count). The fourth-order valence-electron chi connectivity index (χ4n) is 2.07. The number of carbonyl (C=O) groups is 2. The van der Waals surface area contributed by atoms with Crippen LogP contribution in [0, 0.1) is 0 Å². The lowest BCUT2D eigenvalue weighted by molar-refractivity contribution is -0.150. The van der Waals surface area contributed by atoms with Gasteiger partial charge in [-0.2, -0.15) is 13.2 Å². The van der Waals surface area contributed by atoms with E-state index in [4.69, 9.17) is 5.11 Å². The molecule has 104 valence electrons. The Kier molecular flexibility index (Phi) is 3.53. The smallest absolute Gasteiger partial charge is 0.397 e. The molecule has 0 unspecified atom stereocenters. The van der Waals surface area contributed by atoms with Gasteiger partial charge in [0.15, 0.2) is 0 Å². The summed E-state index contributed by atoms with van der Waals surface area (Å²) in [7, 11) is 0. The highest BCUT2D eigenvalue weighted by Gasteiger charge is 2.33. The molecule has 0 radical (unpaired) electrons. The number of anilines is 1. The van der Waals surface area contributed by atoms with Crippen molar-refractivity contribution in [3.8, 4) is 0 Å². The molecule has 0 atom stereocenters. The number of alkyl halides is 3. The van der Waals surface area contributed by atoms with Gasteiger partial charge < -0.3 is 10.4 Å². The zero-order valence-electron chi connectivity index (χ0n) is 9.63. The van der Waals surface area contributed by atoms with Crippen molar-refractivity contribution < 1.29 is 27.9 Å². The van der Waals surface area contributed by atoms with Crippen molar-refractivity contribution in [3.63, 3.8) is 0 Å². The fourth-order valence-corrected chi connectivity index (χ4v) is 3.37. The summed E-state index contributed by atoms with van der Waals surface area (Å²) in [6.07, 6.45) is -4.10. The number of hydrogen-bond acceptors (Lipinski definition) is 3. The van der Waals surface area contributed by atoms with Crippen molar-refractivity contribution in [1.82, 2.24) is 0 Å². The topological polar surface area (TPSA) is 66.4 Å². The van der Waals surface area contributed by atoms with Crippen LogP contribution < -0.4 is 5.32 Å². The summed E-state index contributed by atoms with van der Waals surface area (Å²) in [5.41, 5.74) is 0.577. The van der Waals surface area contributed by atoms with Gasteiger partial charge in [0.25, 0.3) is 0 Å². The van der Waals surface area contributed by atoms with E-state index in [-0.39, 0.29) is 10.6 Å². The van der Waals surface area contributed by atoms with Gasteiger partial charge in [0.1, 0.15) is 11.4 Å². The minimum absolute atomic E-state index is 0.00597. The van der Waals surface area contributed by atoms with Crippen molar-refractivity contribution in [1.29, 1.82) is 0 Å². The van der Waals surface area contributed by atoms with Crippen LogP contribution >= 0.6 is 11.3 Å². The molecule has 1 aliphatic rings. The quantitative estimate of drug-likeness (QED) is 0.900. The average Bonchev–Trinajstić information content (AvgIpc) is 2.72. The Morgan fingerprint density at radius 1 is 1.32 bits per heavy atom. The summed E-state index contributed by atoms with van der Waals surface area (Å²) in [4.78, 5) is 23.2. The van der Waals surface area contributed by atoms with Gasteiger partial charge in [0.2, 0.25) is 5.91 Å². The molecule has 1 aromatic heterocycles. The van der Waals surface area contributed by atoms with Crippen LogP contribution in [0.5, 0.6) is 0 Å². The summed E-state index contributed by atoms with van der Waals surface area (Å²) in [5.74, 6) is -2.46. The lowest BCUT2D eigenvalue weighted by Gasteiger charge is -2.07. The third-order valence-electron chi connectivity index (χ3n) is 2.75. The number of halogens is 3. The maximum absolute atomic E-state index is 12.1. The summed E-state index contributed by atoms with van der Waals surface area (Å²) in [6, 6.07) is 0. The van der Waals surface area contributed by atoms with E-state index in [1.54, 1.807) is 0 Å². The van der Waals surface area contributed by atoms with E-state index in [1.165, 1.54) is 0 Å². The number of fused-ring (bicyclic) bond motifs is 1. The van der Waals surface area contributed by atoms with Crippen molar-refractivity contribution in [2.24, 2.45) is 0 Å². The molecule has 0 aromatic carbocycles. The maximum atomic E-state index is 12.1. The van der Waals surface area contributed by atoms with E-state index in [2.05, 4.69) is 5.32 Å². The van der Waals surface area contributed by atoms with Gasteiger partial charge in [-0.25, -0.2) is 4.79 Å². The second-order valence-electron chi connectivity index (χ2n) is 4.21. The third-order valence-corrected chi connectivity index (χ3v) is 3.96. The van der Waals surface area contributed by atoms with Crippen molar-refractivity contribution in [2.45, 2.75) is 31.9 Å². The molecule has 0 spiro atoms. The van der Waals surface area contributed by atoms with Gasteiger partial charge in [-0.15, -0.1) is 11.3 Å². The number of rotatable bonds is 3. The Balaban J connectivity index is 2.22. The number of carbonyl (C=O) groups excluding carboxylic acids is 1. The predicted octanol–water partition coefficient (Wildman–Crippen LogP) is 2.83. The molecular weight excluding hydrogens is 283 g/mol. The van der Waals surface area contributed by atoms with E-state index in [0.717, 1.165) is 22.6 Å². The second-order valence-corrected chi connectivity index (χ2v) is 5.31. The molecule has 1 heterocycles. The van der Waals surface area contributed by atoms with Gasteiger partial charge in [-0.1, -0.05) is 0 Å². The molecule has 0 bridgehead atoms. The molecule has 1 aliphatic carbocycles. The molecule has 1 amide bonds. The van der Waals surface area contributed by atoms with E-state index >= 15 is 0 Å². The largest absolute Gasteiger partial charge is 0.478 e. The number of hydrogen-bond donors (Lipinski definition) is 2. The Morgan fingerprint density at radius 3 is 2.58 bits per heavy atom. The Labute approximate surface area is 110 Å². The first-order valence-electron chi connectivity index (χ1n) is 5.52. The summed E-state index contributed by atoms with van der Waals surface area (Å²) < 4.78 is 36.2. The van der Waals surface area contributed by atoms with Gasteiger partial charge in [-0.3, -0.25) is 4.79 Å². The van der Waals surface area contributed by atoms with E-state index in [1.807, 2.05) is 0 Å². The van der Waals surface area contributed by atoms with Crippen LogP contribution in [0.25, 0.3) is 0 Å². The molecule has 1 aromatic rings. The lowest BCUT2D eigenvalue weighted by atomic mass is 10.1. The summed E-state index contributed by atoms with van der Waals surface area (Å²) in [6.45, 7) is 0. The first-order valence-corrected chi connectivity index (χ1v) is 6.34. The van der Waals surface area contributed by atoms with Crippen molar-refractivity contribution >= 4 is 28.2 Å². The number of amides is 1. The minimum atomic E-state index is -4.60. The van der Waals surface area contributed by atoms with Crippen LogP contribution in [0.1, 0.15) is 33.6 Å². The molecule has 8 heteroatoms. The van der Waals surface area contributed by atoms with E-state index in [9.17, 15) is 22.8 Å². The zero-order valence-corrected chi connectivity index (χ0v) is 10.5. The number of aromatic carboxylic acids is 1. The molecule has 0 saturated heterocycles. The number of aryl methyl sites for hydroxylation is 1. The van der Waals surface area contributed by atoms with Crippen LogP contribution in [0.3, 0.4) is 0 Å². The number of carboxylic acids is 1. The SMILES string of the molecule is O=C(CC(F)(F)F)Nc1sc2c(c1C(=O)O)CCC2. The first kappa shape index (κ1) is 13.9. The molecule has 2 N–H and O–H groups in total. The minimum Gasteiger partial charge on any atom is -0.478 e. The van der Waals surface area contributed by atoms with Gasteiger partial charge in [0.05, 0.1) is 5.56 Å². The normalized spacial score (nSPS) is 14.3. The molecule has 0 fully saturated rings. The first-order chi connectivity index (χ1) is 8.78. The molecule has 4 nitrogen and oxygen atoms in total. The fraction of sp³-hybridized carbons (Fsp3) is 0.455. The highest BCUT2D eigenvalue weighted by Crippen LogP contribution is 2.39. The number of thiophene rings is 1. The van der Waals surface area contributed by atoms with Crippen molar-refractivity contribution in [2.75, 3.05) is 5.32 Å². The number of carboxylic acid groups (broad SMARTS) is 1. The molecule has 19 heavy (non-hydrogen) atoms. The van der Waals surface area contributed by atoms with E-state index in [0.29, 0.717) is 18.4 Å². The van der Waals surface area contributed by atoms with Crippen molar-refractivity contribution in [3.05, 3.63) is 16.0 Å². The third kappa shape index (κ3) is 3.06. The molecule has 0 aliphatic heterocycles. The van der Waals surface area contributed by atoms with Crippen LogP contribution in [0.2, 0.25) is 0 Å². The van der Waals surface area contributed by atoms with Gasteiger partial charge in [0, 0.05) is 4.88 Å². The number of nitrogens with one attached hydrogen (secondary N) is 1. The van der Waals surface area contributed by atoms with Crippen LogP contribution in [-0.4, -0.2) is 23.2 Å². The van der Waals surface area contributed by atoms with E-state index < -0.39 is 24.5 Å². The second kappa shape index (κ2) is 4.84. The lowest BCUT2D eigenvalue weighted by Crippen LogP contribution is -2.21. The summed E-state index contributed by atoms with van der Waals surface area (Å²) in [5, 5.41) is 11.2. The highest BCUT2D eigenvalue weighted by molar-refractivity contribution is 7.17. The highest BCUT2D eigenvalue weighted by atomic mass is 32.1. The Hall–Kier alpha value is -1.57. The van der Waals surface area contributed by atoms with Gasteiger partial charge in [-0.05, 0) is 24.8 Å². The molecular formula is C11H10F3NO3S. The van der Waals surface area contributed by atoms with Crippen LogP contribution in [-0.2, 0) is 17.6 Å². The summed E-state index contributed by atoms with van der Waals surface area (Å²) >= 11 is 1.05. The van der Waals surface area contributed by atoms with Crippen LogP contribution in [0.4, 0.5) is 18.2 Å². The zero-order chi connectivity index (χ0) is 14.2.